The van der Waals surface area contributed by atoms with Crippen molar-refractivity contribution in [3.05, 3.63) is 47.3 Å². The van der Waals surface area contributed by atoms with E-state index >= 15 is 0 Å². The Morgan fingerprint density at radius 2 is 1.67 bits per heavy atom. The Bertz CT molecular complexity index is 559. The molecule has 0 radical (unpaired) electrons. The molecule has 0 saturated carbocycles. The number of phenolic OH excluding ortho intramolecular Hbond substituents is 1. The molecular weight excluding hydrogens is 230 g/mol. The highest BCUT2D eigenvalue weighted by atomic mass is 16.3. The first-order valence-electron chi connectivity index (χ1n) is 5.47. The van der Waals surface area contributed by atoms with Crippen molar-refractivity contribution in [2.24, 2.45) is 0 Å². The van der Waals surface area contributed by atoms with Crippen LogP contribution in [0.1, 0.15) is 21.7 Å². The number of carbonyl (C=O) groups is 1. The summed E-state index contributed by atoms with van der Waals surface area (Å²) in [6.07, 6.45) is 0. The Balaban J connectivity index is 2.18. The zero-order chi connectivity index (χ0) is 13.1. The summed E-state index contributed by atoms with van der Waals surface area (Å²) in [5.41, 5.74) is 2.03. The number of carbonyl (C=O) groups excluding carboxylic acids is 1. The van der Waals surface area contributed by atoms with Gasteiger partial charge in [0, 0.05) is 17.0 Å². The van der Waals surface area contributed by atoms with E-state index < -0.39 is 0 Å². The largest absolute Gasteiger partial charge is 0.508 e. The molecule has 1 amide bonds. The predicted octanol–water partition coefficient (Wildman–Crippen LogP) is 2.05. The third-order valence-corrected chi connectivity index (χ3v) is 2.34. The first kappa shape index (κ1) is 12.0. The van der Waals surface area contributed by atoms with Crippen molar-refractivity contribution in [1.82, 2.24) is 9.97 Å². The van der Waals surface area contributed by atoms with Crippen LogP contribution in [0.2, 0.25) is 0 Å². The van der Waals surface area contributed by atoms with E-state index in [1.54, 1.807) is 0 Å². The summed E-state index contributed by atoms with van der Waals surface area (Å²) < 4.78 is 0. The second-order valence-corrected chi connectivity index (χ2v) is 3.98. The minimum Gasteiger partial charge on any atom is -0.508 e. The van der Waals surface area contributed by atoms with Gasteiger partial charge in [0.05, 0.1) is 0 Å². The van der Waals surface area contributed by atoms with Gasteiger partial charge in [0.25, 0.3) is 5.91 Å². The van der Waals surface area contributed by atoms with Gasteiger partial charge in [-0.25, -0.2) is 9.97 Å². The van der Waals surface area contributed by atoms with Crippen molar-refractivity contribution in [1.29, 1.82) is 0 Å². The van der Waals surface area contributed by atoms with E-state index in [2.05, 4.69) is 15.3 Å². The quantitative estimate of drug-likeness (QED) is 0.846. The van der Waals surface area contributed by atoms with Crippen LogP contribution in [0.4, 0.5) is 5.95 Å². The van der Waals surface area contributed by atoms with Crippen molar-refractivity contribution in [3.63, 3.8) is 0 Å². The first-order valence-corrected chi connectivity index (χ1v) is 5.47. The maximum absolute atomic E-state index is 11.9. The van der Waals surface area contributed by atoms with Crippen molar-refractivity contribution in [2.45, 2.75) is 13.8 Å². The minimum atomic E-state index is -0.306. The highest BCUT2D eigenvalue weighted by Crippen LogP contribution is 2.11. The molecule has 0 aliphatic heterocycles. The standard InChI is InChI=1S/C13H13N3O2/c1-8-7-9(2)15-13(14-8)16-12(18)10-3-5-11(17)6-4-10/h3-7,17H,1-2H3,(H,14,15,16,18). The molecule has 92 valence electrons. The number of hydrogen-bond donors (Lipinski definition) is 2. The average molecular weight is 243 g/mol. The van der Waals surface area contributed by atoms with Gasteiger partial charge in [-0.3, -0.25) is 10.1 Å². The zero-order valence-corrected chi connectivity index (χ0v) is 10.1. The summed E-state index contributed by atoms with van der Waals surface area (Å²) in [5, 5.41) is 11.8. The van der Waals surface area contributed by atoms with E-state index in [1.807, 2.05) is 19.9 Å². The highest BCUT2D eigenvalue weighted by molar-refractivity contribution is 6.03. The van der Waals surface area contributed by atoms with Gasteiger partial charge in [0.1, 0.15) is 5.75 Å². The number of benzene rings is 1. The van der Waals surface area contributed by atoms with E-state index in [1.165, 1.54) is 24.3 Å². The van der Waals surface area contributed by atoms with E-state index in [0.29, 0.717) is 5.56 Å². The number of hydrogen-bond acceptors (Lipinski definition) is 4. The van der Waals surface area contributed by atoms with E-state index in [0.717, 1.165) is 11.4 Å². The van der Waals surface area contributed by atoms with Crippen LogP contribution in [-0.4, -0.2) is 21.0 Å². The van der Waals surface area contributed by atoms with Crippen LogP contribution in [-0.2, 0) is 0 Å². The van der Waals surface area contributed by atoms with E-state index in [9.17, 15) is 4.79 Å². The lowest BCUT2D eigenvalue weighted by atomic mass is 10.2. The maximum Gasteiger partial charge on any atom is 0.258 e. The minimum absolute atomic E-state index is 0.120. The second-order valence-electron chi connectivity index (χ2n) is 3.98. The molecule has 0 spiro atoms. The topological polar surface area (TPSA) is 75.1 Å². The fourth-order valence-corrected chi connectivity index (χ4v) is 1.57. The number of aromatic hydroxyl groups is 1. The normalized spacial score (nSPS) is 10.1. The van der Waals surface area contributed by atoms with Gasteiger partial charge in [-0.2, -0.15) is 0 Å². The van der Waals surface area contributed by atoms with Crippen LogP contribution < -0.4 is 5.32 Å². The van der Waals surface area contributed by atoms with Crippen LogP contribution in [0.3, 0.4) is 0 Å². The Labute approximate surface area is 105 Å². The third kappa shape index (κ3) is 2.82. The number of aromatic nitrogens is 2. The van der Waals surface area contributed by atoms with Gasteiger partial charge in [-0.15, -0.1) is 0 Å². The van der Waals surface area contributed by atoms with Gasteiger partial charge in [0.15, 0.2) is 0 Å². The van der Waals surface area contributed by atoms with Crippen molar-refractivity contribution in [2.75, 3.05) is 5.32 Å². The average Bonchev–Trinajstić information content (AvgIpc) is 2.28. The van der Waals surface area contributed by atoms with E-state index in [4.69, 9.17) is 5.11 Å². The monoisotopic (exact) mass is 243 g/mol. The predicted molar refractivity (Wildman–Crippen MR) is 67.6 cm³/mol. The van der Waals surface area contributed by atoms with Crippen LogP contribution in [0, 0.1) is 13.8 Å². The molecule has 2 rings (SSSR count). The summed E-state index contributed by atoms with van der Waals surface area (Å²) in [6.45, 7) is 3.68. The van der Waals surface area contributed by atoms with Crippen molar-refractivity contribution < 1.29 is 9.90 Å². The summed E-state index contributed by atoms with van der Waals surface area (Å²) in [5.74, 6) is 0.0970. The number of nitrogens with zero attached hydrogens (tertiary/aromatic N) is 2. The fraction of sp³-hybridized carbons (Fsp3) is 0.154. The molecule has 0 unspecified atom stereocenters. The molecule has 0 saturated heterocycles. The fourth-order valence-electron chi connectivity index (χ4n) is 1.57. The molecular formula is C13H13N3O2. The van der Waals surface area contributed by atoms with Crippen LogP contribution in [0.15, 0.2) is 30.3 Å². The molecule has 1 heterocycles. The molecule has 5 heteroatoms. The van der Waals surface area contributed by atoms with Crippen LogP contribution in [0.5, 0.6) is 5.75 Å². The Morgan fingerprint density at radius 3 is 2.22 bits per heavy atom. The molecule has 0 atom stereocenters. The lowest BCUT2D eigenvalue weighted by Crippen LogP contribution is -2.14. The second kappa shape index (κ2) is 4.83. The molecule has 0 bridgehead atoms. The number of rotatable bonds is 2. The summed E-state index contributed by atoms with van der Waals surface area (Å²) >= 11 is 0. The third-order valence-electron chi connectivity index (χ3n) is 2.34. The Kier molecular flexibility index (Phi) is 3.23. The molecule has 0 aliphatic rings. The van der Waals surface area contributed by atoms with Gasteiger partial charge < -0.3 is 5.11 Å². The molecule has 1 aromatic heterocycles. The molecule has 2 N–H and O–H groups in total. The number of anilines is 1. The smallest absolute Gasteiger partial charge is 0.258 e. The number of nitrogens with one attached hydrogen (secondary N) is 1. The van der Waals surface area contributed by atoms with Crippen LogP contribution in [0.25, 0.3) is 0 Å². The Morgan fingerprint density at radius 1 is 1.11 bits per heavy atom. The zero-order valence-electron chi connectivity index (χ0n) is 10.1. The summed E-state index contributed by atoms with van der Waals surface area (Å²) in [6, 6.07) is 7.81. The van der Waals surface area contributed by atoms with Gasteiger partial charge in [-0.05, 0) is 44.2 Å². The molecule has 0 fully saturated rings. The number of aryl methyl sites for hydroxylation is 2. The van der Waals surface area contributed by atoms with Gasteiger partial charge in [0.2, 0.25) is 5.95 Å². The molecule has 18 heavy (non-hydrogen) atoms. The molecule has 0 aliphatic carbocycles. The molecule has 2 aromatic rings. The first-order chi connectivity index (χ1) is 8.54. The molecule has 1 aromatic carbocycles. The summed E-state index contributed by atoms with van der Waals surface area (Å²) in [4.78, 5) is 20.1. The Hall–Kier alpha value is -2.43. The van der Waals surface area contributed by atoms with Gasteiger partial charge >= 0.3 is 0 Å². The highest BCUT2D eigenvalue weighted by Gasteiger charge is 2.08. The van der Waals surface area contributed by atoms with Crippen molar-refractivity contribution >= 4 is 11.9 Å². The van der Waals surface area contributed by atoms with Crippen LogP contribution >= 0.6 is 0 Å². The maximum atomic E-state index is 11.9. The number of amides is 1. The molecule has 5 nitrogen and oxygen atoms in total. The van der Waals surface area contributed by atoms with E-state index in [-0.39, 0.29) is 17.6 Å². The van der Waals surface area contributed by atoms with Crippen molar-refractivity contribution in [3.8, 4) is 5.75 Å². The lowest BCUT2D eigenvalue weighted by Gasteiger charge is -2.05. The lowest BCUT2D eigenvalue weighted by molar-refractivity contribution is 0.102. The summed E-state index contributed by atoms with van der Waals surface area (Å²) in [7, 11) is 0. The number of phenols is 1. The SMILES string of the molecule is Cc1cc(C)nc(NC(=O)c2ccc(O)cc2)n1. The van der Waals surface area contributed by atoms with Gasteiger partial charge in [-0.1, -0.05) is 0 Å².